The maximum Gasteiger partial charge on any atom is 0.221 e. The summed E-state index contributed by atoms with van der Waals surface area (Å²) in [5, 5.41) is 6.62. The molecule has 0 radical (unpaired) electrons. The molecule has 0 bridgehead atoms. The van der Waals surface area contributed by atoms with Crippen molar-refractivity contribution >= 4 is 24.0 Å². The lowest BCUT2D eigenvalue weighted by atomic mass is 9.87. The van der Waals surface area contributed by atoms with E-state index in [-0.39, 0.29) is 18.3 Å². The molecule has 2 rings (SSSR count). The molecule has 1 aliphatic carbocycles. The molecule has 0 heterocycles. The molecule has 0 fully saturated rings. The molecule has 1 aliphatic rings. The summed E-state index contributed by atoms with van der Waals surface area (Å²) in [6.07, 6.45) is 7.47. The highest BCUT2D eigenvalue weighted by Crippen LogP contribution is 2.25. The van der Waals surface area contributed by atoms with Gasteiger partial charge in [-0.25, -0.2) is 0 Å². The molecule has 0 aliphatic heterocycles. The van der Waals surface area contributed by atoms with Crippen LogP contribution < -0.4 is 10.6 Å². The number of aryl methyl sites for hydroxylation is 1. The summed E-state index contributed by atoms with van der Waals surface area (Å²) in [5.41, 5.74) is 3.68. The van der Waals surface area contributed by atoms with Gasteiger partial charge >= 0.3 is 0 Å². The Kier molecular flexibility index (Phi) is 7.63. The largest absolute Gasteiger partial charge is 0.326 e. The number of halogens is 1. The Labute approximate surface area is 140 Å². The zero-order chi connectivity index (χ0) is 15.2. The number of hydrogen-bond acceptors (Lipinski definition) is 2. The third-order valence-corrected chi connectivity index (χ3v) is 4.17. The Morgan fingerprint density at radius 2 is 2.23 bits per heavy atom. The fraction of sp³-hybridized carbons (Fsp3) is 0.500. The van der Waals surface area contributed by atoms with Crippen LogP contribution in [0.25, 0.3) is 0 Å². The predicted molar refractivity (Wildman–Crippen MR) is 95.8 cm³/mol. The molecule has 1 amide bonds. The first-order chi connectivity index (χ1) is 10.1. The molecule has 2 N–H and O–H groups in total. The first-order valence-electron chi connectivity index (χ1n) is 7.88. The number of anilines is 1. The summed E-state index contributed by atoms with van der Waals surface area (Å²) in [6, 6.07) is 7.32. The number of carbonyl (C=O) groups is 1. The molecule has 1 aromatic rings. The van der Waals surface area contributed by atoms with Crippen molar-refractivity contribution in [2.45, 2.75) is 58.0 Å². The Hall–Kier alpha value is -1.32. The van der Waals surface area contributed by atoms with E-state index in [1.54, 1.807) is 6.92 Å². The van der Waals surface area contributed by atoms with Crippen LogP contribution in [0.2, 0.25) is 0 Å². The smallest absolute Gasteiger partial charge is 0.221 e. The number of fused-ring (bicyclic) bond motifs is 1. The molecular formula is C18H27ClN2O. The summed E-state index contributed by atoms with van der Waals surface area (Å²) in [5.74, 6) is -0.0162. The van der Waals surface area contributed by atoms with Crippen LogP contribution in [0.1, 0.15) is 44.2 Å². The lowest BCUT2D eigenvalue weighted by molar-refractivity contribution is -0.114. The minimum Gasteiger partial charge on any atom is -0.326 e. The quantitative estimate of drug-likeness (QED) is 0.781. The SMILES string of the molecule is C=CCC(CC)NC1CCc2ccc(NC(C)=O)cc2C1.Cl. The molecular weight excluding hydrogens is 296 g/mol. The van der Waals surface area contributed by atoms with Crippen LogP contribution in [0.3, 0.4) is 0 Å². The zero-order valence-electron chi connectivity index (χ0n) is 13.5. The Balaban J connectivity index is 0.00000242. The first kappa shape index (κ1) is 18.7. The fourth-order valence-corrected chi connectivity index (χ4v) is 3.07. The van der Waals surface area contributed by atoms with E-state index < -0.39 is 0 Å². The van der Waals surface area contributed by atoms with Gasteiger partial charge in [0.2, 0.25) is 5.91 Å². The van der Waals surface area contributed by atoms with E-state index in [9.17, 15) is 4.79 Å². The Morgan fingerprint density at radius 1 is 1.45 bits per heavy atom. The van der Waals surface area contributed by atoms with Gasteiger partial charge in [-0.1, -0.05) is 19.1 Å². The standard InChI is InChI=1S/C18H26N2O.ClH/c1-4-6-16(5-2)20-18-10-8-14-7-9-17(19-13(3)21)11-15(14)12-18;/h4,7,9,11,16,18,20H,1,5-6,8,10,12H2,2-3H3,(H,19,21);1H. The second-order valence-electron chi connectivity index (χ2n) is 5.90. The van der Waals surface area contributed by atoms with Crippen molar-refractivity contribution in [1.82, 2.24) is 5.32 Å². The minimum absolute atomic E-state index is 0. The molecule has 4 heteroatoms. The maximum atomic E-state index is 11.2. The molecule has 22 heavy (non-hydrogen) atoms. The lowest BCUT2D eigenvalue weighted by Gasteiger charge is -2.29. The van der Waals surface area contributed by atoms with E-state index in [0.29, 0.717) is 12.1 Å². The van der Waals surface area contributed by atoms with Crippen LogP contribution in [0, 0.1) is 0 Å². The van der Waals surface area contributed by atoms with E-state index in [4.69, 9.17) is 0 Å². The topological polar surface area (TPSA) is 41.1 Å². The lowest BCUT2D eigenvalue weighted by Crippen LogP contribution is -2.41. The molecule has 122 valence electrons. The van der Waals surface area contributed by atoms with Crippen LogP contribution in [-0.2, 0) is 17.6 Å². The molecule has 0 aromatic heterocycles. The summed E-state index contributed by atoms with van der Waals surface area (Å²) in [6.45, 7) is 7.60. The van der Waals surface area contributed by atoms with Crippen molar-refractivity contribution < 1.29 is 4.79 Å². The van der Waals surface area contributed by atoms with E-state index in [2.05, 4.69) is 36.3 Å². The van der Waals surface area contributed by atoms with Gasteiger partial charge in [-0.3, -0.25) is 4.79 Å². The highest BCUT2D eigenvalue weighted by Gasteiger charge is 2.20. The van der Waals surface area contributed by atoms with Gasteiger partial charge in [-0.2, -0.15) is 0 Å². The van der Waals surface area contributed by atoms with Gasteiger partial charge in [0.15, 0.2) is 0 Å². The Bertz CT molecular complexity index is 516. The molecule has 0 saturated heterocycles. The van der Waals surface area contributed by atoms with Crippen LogP contribution in [0.4, 0.5) is 5.69 Å². The van der Waals surface area contributed by atoms with Gasteiger partial charge in [0.05, 0.1) is 0 Å². The fourth-order valence-electron chi connectivity index (χ4n) is 3.07. The van der Waals surface area contributed by atoms with Gasteiger partial charge in [-0.15, -0.1) is 19.0 Å². The predicted octanol–water partition coefficient (Wildman–Crippen LogP) is 3.87. The van der Waals surface area contributed by atoms with E-state index in [0.717, 1.165) is 31.4 Å². The monoisotopic (exact) mass is 322 g/mol. The van der Waals surface area contributed by atoms with Crippen molar-refractivity contribution in [2.24, 2.45) is 0 Å². The number of nitrogens with one attached hydrogen (secondary N) is 2. The number of benzene rings is 1. The molecule has 0 saturated carbocycles. The maximum absolute atomic E-state index is 11.2. The molecule has 2 unspecified atom stereocenters. The summed E-state index contributed by atoms with van der Waals surface area (Å²) in [4.78, 5) is 11.2. The van der Waals surface area contributed by atoms with E-state index >= 15 is 0 Å². The third kappa shape index (κ3) is 5.15. The van der Waals surface area contributed by atoms with E-state index in [1.165, 1.54) is 17.5 Å². The number of carbonyl (C=O) groups excluding carboxylic acids is 1. The van der Waals surface area contributed by atoms with Crippen LogP contribution in [0.5, 0.6) is 0 Å². The van der Waals surface area contributed by atoms with Crippen molar-refractivity contribution in [1.29, 1.82) is 0 Å². The second-order valence-corrected chi connectivity index (χ2v) is 5.90. The van der Waals surface area contributed by atoms with Crippen molar-refractivity contribution in [3.05, 3.63) is 42.0 Å². The van der Waals surface area contributed by atoms with Gasteiger partial charge in [0.1, 0.15) is 0 Å². The van der Waals surface area contributed by atoms with Crippen molar-refractivity contribution in [3.8, 4) is 0 Å². The summed E-state index contributed by atoms with van der Waals surface area (Å²) < 4.78 is 0. The van der Waals surface area contributed by atoms with Crippen LogP contribution >= 0.6 is 12.4 Å². The van der Waals surface area contributed by atoms with Gasteiger partial charge in [0, 0.05) is 24.7 Å². The van der Waals surface area contributed by atoms with Crippen molar-refractivity contribution in [2.75, 3.05) is 5.32 Å². The molecule has 1 aromatic carbocycles. The average molecular weight is 323 g/mol. The molecule has 0 spiro atoms. The van der Waals surface area contributed by atoms with Crippen LogP contribution in [-0.4, -0.2) is 18.0 Å². The second kappa shape index (κ2) is 8.96. The normalized spacial score (nSPS) is 17.8. The highest BCUT2D eigenvalue weighted by atomic mass is 35.5. The highest BCUT2D eigenvalue weighted by molar-refractivity contribution is 5.88. The summed E-state index contributed by atoms with van der Waals surface area (Å²) in [7, 11) is 0. The average Bonchev–Trinajstić information content (AvgIpc) is 2.45. The Morgan fingerprint density at radius 3 is 2.86 bits per heavy atom. The van der Waals surface area contributed by atoms with Crippen LogP contribution in [0.15, 0.2) is 30.9 Å². The number of hydrogen-bond donors (Lipinski definition) is 2. The van der Waals surface area contributed by atoms with Gasteiger partial charge in [0.25, 0.3) is 0 Å². The number of amides is 1. The van der Waals surface area contributed by atoms with Gasteiger partial charge in [-0.05, 0) is 55.4 Å². The molecule has 2 atom stereocenters. The number of rotatable bonds is 6. The van der Waals surface area contributed by atoms with E-state index in [1.807, 2.05) is 12.1 Å². The third-order valence-electron chi connectivity index (χ3n) is 4.17. The minimum atomic E-state index is -0.0162. The van der Waals surface area contributed by atoms with Crippen molar-refractivity contribution in [3.63, 3.8) is 0 Å². The molecule has 3 nitrogen and oxygen atoms in total. The first-order valence-corrected chi connectivity index (χ1v) is 7.88. The zero-order valence-corrected chi connectivity index (χ0v) is 14.3. The summed E-state index contributed by atoms with van der Waals surface area (Å²) >= 11 is 0. The van der Waals surface area contributed by atoms with Gasteiger partial charge < -0.3 is 10.6 Å².